The lowest BCUT2D eigenvalue weighted by molar-refractivity contribution is 0.0398. The zero-order chi connectivity index (χ0) is 25.5. The number of nitrogens with zero attached hydrogens (tertiary/aromatic N) is 3. The van der Waals surface area contributed by atoms with E-state index in [1.807, 2.05) is 18.2 Å². The second kappa shape index (κ2) is 9.79. The second-order valence-electron chi connectivity index (χ2n) is 10.1. The van der Waals surface area contributed by atoms with Crippen LogP contribution in [0.2, 0.25) is 0 Å². The maximum atomic E-state index is 15.6. The van der Waals surface area contributed by atoms with Crippen molar-refractivity contribution in [3.05, 3.63) is 58.1 Å². The van der Waals surface area contributed by atoms with E-state index in [-0.39, 0.29) is 28.3 Å². The van der Waals surface area contributed by atoms with Crippen molar-refractivity contribution in [3.63, 3.8) is 0 Å². The summed E-state index contributed by atoms with van der Waals surface area (Å²) in [5.74, 6) is 0.466. The van der Waals surface area contributed by atoms with Gasteiger partial charge in [-0.15, -0.1) is 0 Å². The fraction of sp³-hybridized carbons (Fsp3) is 0.429. The summed E-state index contributed by atoms with van der Waals surface area (Å²) in [6, 6.07) is 8.62. The number of nitrogens with one attached hydrogen (secondary N) is 1. The summed E-state index contributed by atoms with van der Waals surface area (Å²) in [7, 11) is 0. The van der Waals surface area contributed by atoms with Gasteiger partial charge in [-0.25, -0.2) is 4.39 Å². The predicted molar refractivity (Wildman–Crippen MR) is 140 cm³/mol. The maximum absolute atomic E-state index is 15.6. The van der Waals surface area contributed by atoms with E-state index < -0.39 is 11.2 Å². The predicted octanol–water partition coefficient (Wildman–Crippen LogP) is 3.85. The molecule has 194 valence electrons. The number of anilines is 1. The van der Waals surface area contributed by atoms with Crippen molar-refractivity contribution < 1.29 is 18.7 Å². The number of morpholine rings is 1. The number of rotatable bonds is 5. The molecule has 1 amide bonds. The molecule has 0 aliphatic carbocycles. The SMILES string of the molecule is CC1CCN(C(=O)c2cn3c4c(c(NCCN5CCOCC5)c(F)cc4c2=O)Oc2ccccc2-3)CC1. The molecule has 4 heterocycles. The molecule has 2 saturated heterocycles. The first-order chi connectivity index (χ1) is 18.0. The fourth-order valence-electron chi connectivity index (χ4n) is 5.43. The van der Waals surface area contributed by atoms with Gasteiger partial charge in [0.15, 0.2) is 17.3 Å². The molecule has 8 nitrogen and oxygen atoms in total. The summed E-state index contributed by atoms with van der Waals surface area (Å²) in [4.78, 5) is 31.0. The first-order valence-electron chi connectivity index (χ1n) is 13.0. The van der Waals surface area contributed by atoms with E-state index in [0.29, 0.717) is 55.7 Å². The highest BCUT2D eigenvalue weighted by molar-refractivity contribution is 6.01. The van der Waals surface area contributed by atoms with Crippen molar-refractivity contribution in [2.45, 2.75) is 19.8 Å². The monoisotopic (exact) mass is 506 g/mol. The summed E-state index contributed by atoms with van der Waals surface area (Å²) in [6.07, 6.45) is 3.41. The van der Waals surface area contributed by atoms with E-state index >= 15 is 4.39 Å². The van der Waals surface area contributed by atoms with Crippen molar-refractivity contribution in [3.8, 4) is 17.2 Å². The normalized spacial score (nSPS) is 17.9. The molecular formula is C28H31FN4O4. The van der Waals surface area contributed by atoms with Crippen molar-refractivity contribution in [2.24, 2.45) is 5.92 Å². The van der Waals surface area contributed by atoms with Crippen molar-refractivity contribution in [1.82, 2.24) is 14.4 Å². The van der Waals surface area contributed by atoms with E-state index in [1.165, 1.54) is 6.07 Å². The summed E-state index contributed by atoms with van der Waals surface area (Å²) >= 11 is 0. The molecule has 6 rings (SSSR count). The van der Waals surface area contributed by atoms with Gasteiger partial charge in [-0.1, -0.05) is 19.1 Å². The first-order valence-corrected chi connectivity index (χ1v) is 13.0. The van der Waals surface area contributed by atoms with Crippen LogP contribution in [-0.4, -0.2) is 72.8 Å². The highest BCUT2D eigenvalue weighted by Crippen LogP contribution is 2.45. The van der Waals surface area contributed by atoms with Gasteiger partial charge in [-0.2, -0.15) is 0 Å². The zero-order valence-corrected chi connectivity index (χ0v) is 21.0. The Labute approximate surface area is 214 Å². The Morgan fingerprint density at radius 2 is 1.89 bits per heavy atom. The first kappa shape index (κ1) is 23.9. The quantitative estimate of drug-likeness (QED) is 0.443. The third-order valence-electron chi connectivity index (χ3n) is 7.67. The number of aromatic nitrogens is 1. The van der Waals surface area contributed by atoms with Crippen LogP contribution in [0, 0.1) is 11.7 Å². The number of hydrogen-bond acceptors (Lipinski definition) is 6. The van der Waals surface area contributed by atoms with Gasteiger partial charge in [0.05, 0.1) is 24.3 Å². The van der Waals surface area contributed by atoms with Gasteiger partial charge in [-0.05, 0) is 37.0 Å². The summed E-state index contributed by atoms with van der Waals surface area (Å²) < 4.78 is 29.0. The molecule has 0 unspecified atom stereocenters. The Bertz CT molecular complexity index is 1410. The van der Waals surface area contributed by atoms with Crippen LogP contribution in [0.15, 0.2) is 41.3 Å². The lowest BCUT2D eigenvalue weighted by atomic mass is 9.98. The molecule has 3 aliphatic heterocycles. The molecule has 3 aromatic rings. The molecule has 0 spiro atoms. The van der Waals surface area contributed by atoms with Crippen LogP contribution in [0.5, 0.6) is 11.5 Å². The largest absolute Gasteiger partial charge is 0.451 e. The molecule has 0 bridgehead atoms. The Morgan fingerprint density at radius 1 is 1.14 bits per heavy atom. The van der Waals surface area contributed by atoms with Crippen LogP contribution >= 0.6 is 0 Å². The number of carbonyl (C=O) groups excluding carboxylic acids is 1. The van der Waals surface area contributed by atoms with Gasteiger partial charge in [0, 0.05) is 45.5 Å². The van der Waals surface area contributed by atoms with E-state index in [1.54, 1.807) is 21.7 Å². The summed E-state index contributed by atoms with van der Waals surface area (Å²) in [5.41, 5.74) is 0.956. The van der Waals surface area contributed by atoms with E-state index in [2.05, 4.69) is 17.1 Å². The number of para-hydroxylation sites is 2. The minimum atomic E-state index is -0.580. The Hall–Kier alpha value is -3.43. The molecule has 0 saturated carbocycles. The summed E-state index contributed by atoms with van der Waals surface area (Å²) in [6.45, 7) is 7.70. The number of amides is 1. The number of hydrogen-bond donors (Lipinski definition) is 1. The van der Waals surface area contributed by atoms with Gasteiger partial charge >= 0.3 is 0 Å². The standard InChI is InChI=1S/C28H31FN4O4/c1-18-6-9-32(10-7-18)28(35)20-17-33-22-4-2-3-5-23(22)37-27-24(21(29)16-19(25(27)33)26(20)34)30-8-11-31-12-14-36-15-13-31/h2-5,16-18,30H,6-15H2,1H3. The lowest BCUT2D eigenvalue weighted by Gasteiger charge is -2.31. The van der Waals surface area contributed by atoms with Crippen molar-refractivity contribution >= 4 is 22.5 Å². The maximum Gasteiger partial charge on any atom is 0.259 e. The second-order valence-corrected chi connectivity index (χ2v) is 10.1. The molecule has 1 N–H and O–H groups in total. The lowest BCUT2D eigenvalue weighted by Crippen LogP contribution is -2.40. The molecule has 0 atom stereocenters. The average Bonchev–Trinajstić information content (AvgIpc) is 2.92. The molecule has 3 aliphatic rings. The minimum absolute atomic E-state index is 0.0529. The highest BCUT2D eigenvalue weighted by atomic mass is 19.1. The van der Waals surface area contributed by atoms with Crippen LogP contribution in [-0.2, 0) is 4.74 Å². The third kappa shape index (κ3) is 4.36. The average molecular weight is 507 g/mol. The number of fused-ring (bicyclic) bond motifs is 2. The number of pyridine rings is 1. The Kier molecular flexibility index (Phi) is 6.34. The van der Waals surface area contributed by atoms with Gasteiger partial charge in [-0.3, -0.25) is 14.5 Å². The molecule has 2 fully saturated rings. The number of carbonyl (C=O) groups is 1. The van der Waals surface area contributed by atoms with Crippen molar-refractivity contribution in [2.75, 3.05) is 57.8 Å². The topological polar surface area (TPSA) is 76.0 Å². The van der Waals surface area contributed by atoms with Crippen LogP contribution in [0.25, 0.3) is 16.6 Å². The van der Waals surface area contributed by atoms with Gasteiger partial charge in [0.2, 0.25) is 5.43 Å². The van der Waals surface area contributed by atoms with Crippen LogP contribution in [0.1, 0.15) is 30.1 Å². The minimum Gasteiger partial charge on any atom is -0.451 e. The number of benzene rings is 2. The number of likely N-dealkylation sites (tertiary alicyclic amines) is 1. The van der Waals surface area contributed by atoms with Crippen molar-refractivity contribution in [1.29, 1.82) is 0 Å². The molecule has 0 radical (unpaired) electrons. The summed E-state index contributed by atoms with van der Waals surface area (Å²) in [5, 5.41) is 3.34. The zero-order valence-electron chi connectivity index (χ0n) is 21.0. The number of piperidine rings is 1. The van der Waals surface area contributed by atoms with Crippen LogP contribution < -0.4 is 15.5 Å². The highest BCUT2D eigenvalue weighted by Gasteiger charge is 2.30. The van der Waals surface area contributed by atoms with E-state index in [9.17, 15) is 9.59 Å². The van der Waals surface area contributed by atoms with Gasteiger partial charge in [0.1, 0.15) is 16.8 Å². The van der Waals surface area contributed by atoms with Crippen LogP contribution in [0.4, 0.5) is 10.1 Å². The molecule has 1 aromatic heterocycles. The Balaban J connectivity index is 1.43. The molecule has 37 heavy (non-hydrogen) atoms. The van der Waals surface area contributed by atoms with E-state index in [4.69, 9.17) is 9.47 Å². The number of ether oxygens (including phenoxy) is 2. The molecular weight excluding hydrogens is 475 g/mol. The molecule has 2 aromatic carbocycles. The van der Waals surface area contributed by atoms with Crippen LogP contribution in [0.3, 0.4) is 0 Å². The third-order valence-corrected chi connectivity index (χ3v) is 7.67. The Morgan fingerprint density at radius 3 is 2.68 bits per heavy atom. The fourth-order valence-corrected chi connectivity index (χ4v) is 5.43. The number of halogens is 1. The molecule has 9 heteroatoms. The smallest absolute Gasteiger partial charge is 0.259 e. The van der Waals surface area contributed by atoms with E-state index in [0.717, 1.165) is 32.5 Å². The van der Waals surface area contributed by atoms with Gasteiger partial charge < -0.3 is 24.3 Å². The van der Waals surface area contributed by atoms with Gasteiger partial charge in [0.25, 0.3) is 5.91 Å².